The van der Waals surface area contributed by atoms with Gasteiger partial charge >= 0.3 is 0 Å². The van der Waals surface area contributed by atoms with Crippen molar-refractivity contribution in [1.82, 2.24) is 20.2 Å². The molecule has 38 heavy (non-hydrogen) atoms. The number of para-hydroxylation sites is 1. The Morgan fingerprint density at radius 3 is 2.71 bits per heavy atom. The fourth-order valence-corrected chi connectivity index (χ4v) is 4.63. The number of oxazole rings is 1. The van der Waals surface area contributed by atoms with Gasteiger partial charge in [-0.25, -0.2) is 4.98 Å². The molecule has 0 bridgehead atoms. The first-order chi connectivity index (χ1) is 18.6. The van der Waals surface area contributed by atoms with Crippen molar-refractivity contribution in [2.24, 2.45) is 0 Å². The summed E-state index contributed by atoms with van der Waals surface area (Å²) in [5, 5.41) is 4.23. The maximum Gasteiger partial charge on any atom is 0.273 e. The van der Waals surface area contributed by atoms with Gasteiger partial charge in [0.1, 0.15) is 12.0 Å². The second-order valence-electron chi connectivity index (χ2n) is 9.40. The van der Waals surface area contributed by atoms with Gasteiger partial charge in [-0.2, -0.15) is 0 Å². The number of aromatic amines is 1. The molecule has 0 unspecified atom stereocenters. The Kier molecular flexibility index (Phi) is 7.85. The maximum atomic E-state index is 12.8. The van der Waals surface area contributed by atoms with E-state index in [0.717, 1.165) is 35.4 Å². The highest BCUT2D eigenvalue weighted by Gasteiger charge is 2.18. The molecule has 0 saturated heterocycles. The Bertz CT molecular complexity index is 1490. The smallest absolute Gasteiger partial charge is 0.273 e. The normalized spacial score (nSPS) is 12.1. The van der Waals surface area contributed by atoms with Crippen LogP contribution in [-0.2, 0) is 19.5 Å². The van der Waals surface area contributed by atoms with E-state index in [1.54, 1.807) is 7.11 Å². The molecule has 7 nitrogen and oxygen atoms in total. The molecule has 5 rings (SSSR count). The topological polar surface area (TPSA) is 83.4 Å². The predicted octanol–water partition coefficient (Wildman–Crippen LogP) is 5.90. The summed E-state index contributed by atoms with van der Waals surface area (Å²) in [6.45, 7) is 3.90. The molecule has 2 N–H and O–H groups in total. The van der Waals surface area contributed by atoms with E-state index in [1.165, 1.54) is 17.2 Å². The number of hydrogen-bond acceptors (Lipinski definition) is 5. The van der Waals surface area contributed by atoms with Crippen molar-refractivity contribution in [3.05, 3.63) is 120 Å². The molecule has 194 valence electrons. The molecule has 7 heteroatoms. The molecule has 0 fully saturated rings. The summed E-state index contributed by atoms with van der Waals surface area (Å²) in [6, 6.07) is 26.1. The van der Waals surface area contributed by atoms with Gasteiger partial charge in [0.05, 0.1) is 19.7 Å². The number of nitrogens with zero attached hydrogens (tertiary/aromatic N) is 2. The van der Waals surface area contributed by atoms with Crippen LogP contribution in [0.15, 0.2) is 95.7 Å². The molecule has 0 aliphatic rings. The molecule has 0 aliphatic carbocycles. The molecule has 0 saturated carbocycles. The number of amides is 1. The predicted molar refractivity (Wildman–Crippen MR) is 148 cm³/mol. The number of aromatic nitrogens is 2. The van der Waals surface area contributed by atoms with Crippen molar-refractivity contribution in [1.29, 1.82) is 0 Å². The number of carbonyl (C=O) groups excluding carboxylic acids is 1. The van der Waals surface area contributed by atoms with Crippen LogP contribution in [0.1, 0.15) is 46.0 Å². The molecule has 0 radical (unpaired) electrons. The third kappa shape index (κ3) is 6.12. The van der Waals surface area contributed by atoms with Crippen molar-refractivity contribution < 1.29 is 13.9 Å². The minimum atomic E-state index is -0.255. The quantitative estimate of drug-likeness (QED) is 0.232. The van der Waals surface area contributed by atoms with E-state index in [1.807, 2.05) is 61.5 Å². The van der Waals surface area contributed by atoms with E-state index >= 15 is 0 Å². The third-order valence-corrected chi connectivity index (χ3v) is 6.70. The summed E-state index contributed by atoms with van der Waals surface area (Å²) in [5.41, 5.74) is 4.84. The fourth-order valence-electron chi connectivity index (χ4n) is 4.63. The summed E-state index contributed by atoms with van der Waals surface area (Å²) in [7, 11) is 1.67. The number of rotatable bonds is 11. The monoisotopic (exact) mass is 508 g/mol. The van der Waals surface area contributed by atoms with Crippen molar-refractivity contribution in [3.8, 4) is 5.75 Å². The van der Waals surface area contributed by atoms with Crippen LogP contribution in [0.2, 0.25) is 0 Å². The molecule has 5 aromatic rings. The summed E-state index contributed by atoms with van der Waals surface area (Å²) in [6.07, 6.45) is 4.37. The summed E-state index contributed by atoms with van der Waals surface area (Å²) < 4.78 is 11.2. The fraction of sp³-hybridized carbons (Fsp3) is 0.226. The number of ether oxygens (including phenoxy) is 1. The van der Waals surface area contributed by atoms with E-state index in [0.29, 0.717) is 19.0 Å². The Labute approximate surface area is 222 Å². The van der Waals surface area contributed by atoms with Gasteiger partial charge in [-0.05, 0) is 48.2 Å². The highest BCUT2D eigenvalue weighted by Crippen LogP contribution is 2.21. The van der Waals surface area contributed by atoms with Crippen LogP contribution in [-0.4, -0.2) is 34.4 Å². The first-order valence-corrected chi connectivity index (χ1v) is 12.8. The molecule has 0 spiro atoms. The van der Waals surface area contributed by atoms with Gasteiger partial charge in [-0.1, -0.05) is 60.7 Å². The lowest BCUT2D eigenvalue weighted by atomic mass is 10.1. The lowest BCUT2D eigenvalue weighted by Gasteiger charge is -2.21. The SMILES string of the molecule is COc1cccc(CN(CCc2c[nH]c3ccccc23)Cc2nc(C(=O)N[C@H](C)c3ccccc3)co2)c1. The zero-order chi connectivity index (χ0) is 26.3. The summed E-state index contributed by atoms with van der Waals surface area (Å²) in [5.74, 6) is 1.07. The highest BCUT2D eigenvalue weighted by atomic mass is 16.5. The molecule has 2 aromatic heterocycles. The van der Waals surface area contributed by atoms with Gasteiger partial charge in [-0.3, -0.25) is 9.69 Å². The van der Waals surface area contributed by atoms with E-state index in [-0.39, 0.29) is 17.6 Å². The maximum absolute atomic E-state index is 12.8. The minimum absolute atomic E-state index is 0.135. The number of benzene rings is 3. The number of methoxy groups -OCH3 is 1. The number of H-pyrrole nitrogens is 1. The van der Waals surface area contributed by atoms with E-state index in [9.17, 15) is 4.79 Å². The lowest BCUT2D eigenvalue weighted by molar-refractivity contribution is 0.0934. The van der Waals surface area contributed by atoms with Crippen molar-refractivity contribution in [2.75, 3.05) is 13.7 Å². The molecular weight excluding hydrogens is 476 g/mol. The second kappa shape index (κ2) is 11.8. The largest absolute Gasteiger partial charge is 0.497 e. The van der Waals surface area contributed by atoms with Gasteiger partial charge in [0, 0.05) is 30.2 Å². The van der Waals surface area contributed by atoms with E-state index in [2.05, 4.69) is 50.6 Å². The van der Waals surface area contributed by atoms with Gasteiger partial charge in [0.2, 0.25) is 5.89 Å². The van der Waals surface area contributed by atoms with Crippen LogP contribution >= 0.6 is 0 Å². The van der Waals surface area contributed by atoms with Crippen molar-refractivity contribution >= 4 is 16.8 Å². The van der Waals surface area contributed by atoms with Crippen molar-refractivity contribution in [2.45, 2.75) is 32.5 Å². The zero-order valence-electron chi connectivity index (χ0n) is 21.7. The Morgan fingerprint density at radius 2 is 1.87 bits per heavy atom. The first kappa shape index (κ1) is 25.3. The van der Waals surface area contributed by atoms with Crippen LogP contribution in [0, 0.1) is 0 Å². The van der Waals surface area contributed by atoms with E-state index < -0.39 is 0 Å². The lowest BCUT2D eigenvalue weighted by Crippen LogP contribution is -2.27. The average molecular weight is 509 g/mol. The van der Waals surface area contributed by atoms with Gasteiger partial charge < -0.3 is 19.5 Å². The summed E-state index contributed by atoms with van der Waals surface area (Å²) >= 11 is 0. The standard InChI is InChI=1S/C31H32N4O3/c1-22(24-10-4-3-5-11-24)33-31(36)29-21-38-30(34-29)20-35(19-23-9-8-12-26(17-23)37-2)16-15-25-18-32-28-14-7-6-13-27(25)28/h3-14,17-18,21-22,32H,15-16,19-20H2,1-2H3,(H,33,36)/t22-/m1/s1. The van der Waals surface area contributed by atoms with Crippen molar-refractivity contribution in [3.63, 3.8) is 0 Å². The number of hydrogen-bond donors (Lipinski definition) is 2. The Hall–Kier alpha value is -4.36. The van der Waals surface area contributed by atoms with Crippen LogP contribution in [0.5, 0.6) is 5.75 Å². The molecule has 1 atom stereocenters. The van der Waals surface area contributed by atoms with Gasteiger partial charge in [0.15, 0.2) is 5.69 Å². The van der Waals surface area contributed by atoms with E-state index in [4.69, 9.17) is 9.15 Å². The van der Waals surface area contributed by atoms with Crippen LogP contribution in [0.4, 0.5) is 0 Å². The summed E-state index contributed by atoms with van der Waals surface area (Å²) in [4.78, 5) is 23.0. The number of fused-ring (bicyclic) bond motifs is 1. The number of carbonyl (C=O) groups is 1. The van der Waals surface area contributed by atoms with Crippen LogP contribution in [0.3, 0.4) is 0 Å². The van der Waals surface area contributed by atoms with Gasteiger partial charge in [-0.15, -0.1) is 0 Å². The molecule has 2 heterocycles. The highest BCUT2D eigenvalue weighted by molar-refractivity contribution is 5.92. The first-order valence-electron chi connectivity index (χ1n) is 12.8. The number of nitrogens with one attached hydrogen (secondary N) is 2. The molecule has 3 aromatic carbocycles. The van der Waals surface area contributed by atoms with Crippen LogP contribution < -0.4 is 10.1 Å². The Balaban J connectivity index is 1.29. The Morgan fingerprint density at radius 1 is 1.05 bits per heavy atom. The average Bonchev–Trinajstić information content (AvgIpc) is 3.59. The molecular formula is C31H32N4O3. The third-order valence-electron chi connectivity index (χ3n) is 6.70. The second-order valence-corrected chi connectivity index (χ2v) is 9.40. The van der Waals surface area contributed by atoms with Crippen LogP contribution in [0.25, 0.3) is 10.9 Å². The molecule has 0 aliphatic heterocycles. The zero-order valence-corrected chi connectivity index (χ0v) is 21.7. The van der Waals surface area contributed by atoms with Gasteiger partial charge in [0.25, 0.3) is 5.91 Å². The molecule has 1 amide bonds. The minimum Gasteiger partial charge on any atom is -0.497 e.